The number of thiophene rings is 1. The van der Waals surface area contributed by atoms with Crippen molar-refractivity contribution in [3.63, 3.8) is 0 Å². The Morgan fingerprint density at radius 3 is 2.36 bits per heavy atom. The van der Waals surface area contributed by atoms with E-state index in [0.29, 0.717) is 10.8 Å². The van der Waals surface area contributed by atoms with Crippen LogP contribution in [-0.4, -0.2) is 18.6 Å². The van der Waals surface area contributed by atoms with Gasteiger partial charge in [-0.1, -0.05) is 17.7 Å². The molecule has 2 heterocycles. The number of hydrogen-bond donors (Lipinski definition) is 2. The number of nitrogens with one attached hydrogen (secondary N) is 2. The number of rotatable bonds is 5. The van der Waals surface area contributed by atoms with E-state index in [9.17, 15) is 8.42 Å². The first-order chi connectivity index (χ1) is 11.8. The molecular formula is C16H15ClN4O2S2. The van der Waals surface area contributed by atoms with E-state index >= 15 is 0 Å². The average Bonchev–Trinajstić information content (AvgIpc) is 3.00. The van der Waals surface area contributed by atoms with Crippen LogP contribution in [0.15, 0.2) is 46.7 Å². The highest BCUT2D eigenvalue weighted by molar-refractivity contribution is 7.94. The molecule has 1 aromatic carbocycles. The Balaban J connectivity index is 1.75. The van der Waals surface area contributed by atoms with Crippen molar-refractivity contribution in [2.45, 2.75) is 18.1 Å². The first-order valence-electron chi connectivity index (χ1n) is 7.30. The third-order valence-corrected chi connectivity index (χ3v) is 6.43. The van der Waals surface area contributed by atoms with Gasteiger partial charge in [-0.15, -0.1) is 21.5 Å². The van der Waals surface area contributed by atoms with E-state index in [1.54, 1.807) is 36.4 Å². The molecule has 0 fully saturated rings. The van der Waals surface area contributed by atoms with Crippen LogP contribution in [0.1, 0.15) is 10.4 Å². The second-order valence-electron chi connectivity index (χ2n) is 5.36. The van der Waals surface area contributed by atoms with Crippen LogP contribution < -0.4 is 10.0 Å². The van der Waals surface area contributed by atoms with Crippen LogP contribution in [0, 0.1) is 13.8 Å². The molecule has 130 valence electrons. The zero-order valence-corrected chi connectivity index (χ0v) is 15.8. The van der Waals surface area contributed by atoms with Gasteiger partial charge in [-0.2, -0.15) is 0 Å². The van der Waals surface area contributed by atoms with Gasteiger partial charge in [0.1, 0.15) is 4.21 Å². The summed E-state index contributed by atoms with van der Waals surface area (Å²) in [5, 5.41) is 11.6. The Morgan fingerprint density at radius 2 is 1.72 bits per heavy atom. The van der Waals surface area contributed by atoms with E-state index in [1.807, 2.05) is 19.9 Å². The molecular weight excluding hydrogens is 380 g/mol. The fraction of sp³-hybridized carbons (Fsp3) is 0.125. The van der Waals surface area contributed by atoms with Gasteiger partial charge in [0, 0.05) is 15.6 Å². The lowest BCUT2D eigenvalue weighted by atomic mass is 10.2. The van der Waals surface area contributed by atoms with Gasteiger partial charge in [-0.25, -0.2) is 8.42 Å². The molecule has 0 atom stereocenters. The molecule has 2 N–H and O–H groups in total. The van der Waals surface area contributed by atoms with Crippen molar-refractivity contribution < 1.29 is 8.42 Å². The van der Waals surface area contributed by atoms with E-state index in [-0.39, 0.29) is 10.0 Å². The van der Waals surface area contributed by atoms with E-state index < -0.39 is 10.0 Å². The van der Waals surface area contributed by atoms with Gasteiger partial charge < -0.3 is 5.32 Å². The molecule has 25 heavy (non-hydrogen) atoms. The molecule has 0 radical (unpaired) electrons. The van der Waals surface area contributed by atoms with Crippen molar-refractivity contribution in [2.75, 3.05) is 10.0 Å². The van der Waals surface area contributed by atoms with Crippen LogP contribution in [0.3, 0.4) is 0 Å². The second kappa shape index (κ2) is 6.99. The minimum atomic E-state index is -3.65. The number of halogens is 1. The fourth-order valence-electron chi connectivity index (χ4n) is 2.06. The van der Waals surface area contributed by atoms with Crippen LogP contribution in [0.5, 0.6) is 0 Å². The third-order valence-electron chi connectivity index (χ3n) is 3.35. The van der Waals surface area contributed by atoms with Gasteiger partial charge in [-0.3, -0.25) is 4.72 Å². The Bertz CT molecular complexity index is 1000. The lowest BCUT2D eigenvalue weighted by Crippen LogP contribution is -2.13. The van der Waals surface area contributed by atoms with Gasteiger partial charge in [0.2, 0.25) is 0 Å². The van der Waals surface area contributed by atoms with E-state index in [2.05, 4.69) is 20.2 Å². The average molecular weight is 395 g/mol. The van der Waals surface area contributed by atoms with Crippen LogP contribution in [0.2, 0.25) is 5.02 Å². The predicted octanol–water partition coefficient (Wildman–Crippen LogP) is 4.35. The molecule has 0 spiro atoms. The van der Waals surface area contributed by atoms with Gasteiger partial charge in [-0.05, 0) is 55.8 Å². The first-order valence-corrected chi connectivity index (χ1v) is 9.97. The number of aryl methyl sites for hydroxylation is 2. The van der Waals surface area contributed by atoms with Gasteiger partial charge in [0.05, 0.1) is 0 Å². The third kappa shape index (κ3) is 4.28. The summed E-state index contributed by atoms with van der Waals surface area (Å²) in [5.74, 6) is 0.639. The molecule has 0 unspecified atom stereocenters. The monoisotopic (exact) mass is 394 g/mol. The summed E-state index contributed by atoms with van der Waals surface area (Å²) in [4.78, 5) is 0.919. The maximum Gasteiger partial charge on any atom is 0.272 e. The number of nitrogens with zero attached hydrogens (tertiary/aromatic N) is 2. The SMILES string of the molecule is Cc1ccc(S(=O)(=O)Nc2ccc(Nc3cc(Cl)ccc3C)nn2)s1. The number of aromatic nitrogens is 2. The number of anilines is 3. The van der Waals surface area contributed by atoms with Crippen molar-refractivity contribution in [3.8, 4) is 0 Å². The standard InChI is InChI=1S/C16H15ClN4O2S2/c1-10-3-5-12(17)9-13(10)18-14-6-7-15(20-19-14)21-25(22,23)16-8-4-11(2)24-16/h3-9H,1-2H3,(H,18,19)(H,20,21). The number of benzene rings is 1. The predicted molar refractivity (Wildman–Crippen MR) is 101 cm³/mol. The van der Waals surface area contributed by atoms with E-state index in [1.165, 1.54) is 11.3 Å². The van der Waals surface area contributed by atoms with E-state index in [0.717, 1.165) is 16.1 Å². The largest absolute Gasteiger partial charge is 0.338 e. The Hall–Kier alpha value is -2.16. The zero-order valence-electron chi connectivity index (χ0n) is 13.4. The Kier molecular flexibility index (Phi) is 4.94. The van der Waals surface area contributed by atoms with Crippen LogP contribution >= 0.6 is 22.9 Å². The molecule has 0 aliphatic rings. The summed E-state index contributed by atoms with van der Waals surface area (Å²) in [6, 6.07) is 12.0. The highest BCUT2D eigenvalue weighted by Gasteiger charge is 2.17. The molecule has 0 saturated heterocycles. The minimum absolute atomic E-state index is 0.152. The molecule has 3 aromatic rings. The Morgan fingerprint density at radius 1 is 1.00 bits per heavy atom. The molecule has 0 bridgehead atoms. The highest BCUT2D eigenvalue weighted by Crippen LogP contribution is 2.25. The summed E-state index contributed by atoms with van der Waals surface area (Å²) in [6.45, 7) is 3.79. The lowest BCUT2D eigenvalue weighted by molar-refractivity contribution is 0.603. The van der Waals surface area contributed by atoms with Gasteiger partial charge in [0.25, 0.3) is 10.0 Å². The van der Waals surface area contributed by atoms with Crippen molar-refractivity contribution in [3.05, 3.63) is 57.9 Å². The zero-order chi connectivity index (χ0) is 18.0. The molecule has 2 aromatic heterocycles. The second-order valence-corrected chi connectivity index (χ2v) is 8.99. The van der Waals surface area contributed by atoms with Crippen LogP contribution in [0.25, 0.3) is 0 Å². The van der Waals surface area contributed by atoms with Crippen molar-refractivity contribution in [1.29, 1.82) is 0 Å². The highest BCUT2D eigenvalue weighted by atomic mass is 35.5. The van der Waals surface area contributed by atoms with Crippen LogP contribution in [-0.2, 0) is 10.0 Å². The Labute approximate surface area is 154 Å². The number of hydrogen-bond acceptors (Lipinski definition) is 6. The topological polar surface area (TPSA) is 84.0 Å². The quantitative estimate of drug-likeness (QED) is 0.671. The van der Waals surface area contributed by atoms with Crippen LogP contribution in [0.4, 0.5) is 17.3 Å². The molecule has 9 heteroatoms. The van der Waals surface area contributed by atoms with Gasteiger partial charge >= 0.3 is 0 Å². The smallest absolute Gasteiger partial charge is 0.272 e. The maximum absolute atomic E-state index is 12.3. The van der Waals surface area contributed by atoms with E-state index in [4.69, 9.17) is 11.6 Å². The number of sulfonamides is 1. The molecule has 0 saturated carbocycles. The molecule has 6 nitrogen and oxygen atoms in total. The normalized spacial score (nSPS) is 11.3. The van der Waals surface area contributed by atoms with Crippen molar-refractivity contribution in [1.82, 2.24) is 10.2 Å². The molecule has 3 rings (SSSR count). The summed E-state index contributed by atoms with van der Waals surface area (Å²) >= 11 is 7.19. The molecule has 0 amide bonds. The summed E-state index contributed by atoms with van der Waals surface area (Å²) < 4.78 is 27.2. The molecule has 0 aliphatic carbocycles. The summed E-state index contributed by atoms with van der Waals surface area (Å²) in [6.07, 6.45) is 0. The lowest BCUT2D eigenvalue weighted by Gasteiger charge is -2.09. The maximum atomic E-state index is 12.3. The fourth-order valence-corrected chi connectivity index (χ4v) is 4.52. The van der Waals surface area contributed by atoms with Crippen molar-refractivity contribution in [2.24, 2.45) is 0 Å². The molecule has 0 aliphatic heterocycles. The summed E-state index contributed by atoms with van der Waals surface area (Å²) in [7, 11) is -3.65. The first kappa shape index (κ1) is 17.7. The van der Waals surface area contributed by atoms with Gasteiger partial charge in [0.15, 0.2) is 11.6 Å². The minimum Gasteiger partial charge on any atom is -0.338 e. The summed E-state index contributed by atoms with van der Waals surface area (Å²) in [5.41, 5.74) is 1.81. The van der Waals surface area contributed by atoms with Crippen molar-refractivity contribution >= 4 is 50.3 Å².